The summed E-state index contributed by atoms with van der Waals surface area (Å²) in [6.45, 7) is 6.86. The van der Waals surface area contributed by atoms with Gasteiger partial charge in [-0.25, -0.2) is 9.97 Å². The van der Waals surface area contributed by atoms with E-state index in [-0.39, 0.29) is 7.47 Å². The van der Waals surface area contributed by atoms with Crippen LogP contribution in [0, 0.1) is 6.92 Å². The molecule has 4 aromatic rings. The number of hydrogen-bond acceptors (Lipinski definition) is 8. The van der Waals surface area contributed by atoms with Gasteiger partial charge in [-0.3, -0.25) is 4.98 Å². The van der Waals surface area contributed by atoms with Gasteiger partial charge in [-0.2, -0.15) is 0 Å². The summed E-state index contributed by atoms with van der Waals surface area (Å²) in [6.07, 6.45) is 6.17. The molecule has 0 fully saturated rings. The molecule has 0 aliphatic carbocycles. The zero-order valence-corrected chi connectivity index (χ0v) is 18.9. The third-order valence-corrected chi connectivity index (χ3v) is 5.80. The average molecular weight is 445 g/mol. The quantitative estimate of drug-likeness (QED) is 0.473. The molecule has 0 radical (unpaired) electrons. The Morgan fingerprint density at radius 3 is 2.94 bits per heavy atom. The third-order valence-electron chi connectivity index (χ3n) is 5.80. The second-order valence-corrected chi connectivity index (χ2v) is 8.44. The van der Waals surface area contributed by atoms with E-state index in [1.165, 1.54) is 0 Å². The number of rotatable bonds is 5. The average Bonchev–Trinajstić information content (AvgIpc) is 3.48. The van der Waals surface area contributed by atoms with E-state index in [2.05, 4.69) is 50.0 Å². The van der Waals surface area contributed by atoms with Gasteiger partial charge in [0, 0.05) is 37.7 Å². The Morgan fingerprint density at radius 1 is 1.24 bits per heavy atom. The van der Waals surface area contributed by atoms with Gasteiger partial charge in [0.15, 0.2) is 0 Å². The van der Waals surface area contributed by atoms with Gasteiger partial charge in [-0.15, -0.1) is 5.10 Å². The van der Waals surface area contributed by atoms with Crippen molar-refractivity contribution in [2.45, 2.75) is 39.2 Å². The molecule has 5 heterocycles. The smallest absolute Gasteiger partial charge is 0.319 e. The maximum atomic E-state index is 6.71. The van der Waals surface area contributed by atoms with Crippen molar-refractivity contribution in [1.82, 2.24) is 30.1 Å². The lowest BCUT2D eigenvalue weighted by molar-refractivity contribution is 0.504. The largest absolute Gasteiger partial charge is 0.402 e. The van der Waals surface area contributed by atoms with E-state index in [1.54, 1.807) is 12.5 Å². The number of anilines is 1. The van der Waals surface area contributed by atoms with Gasteiger partial charge in [0.1, 0.15) is 11.7 Å². The fourth-order valence-corrected chi connectivity index (χ4v) is 4.19. The van der Waals surface area contributed by atoms with Gasteiger partial charge in [-0.05, 0) is 42.7 Å². The number of hydrogen-bond donors (Lipinski definition) is 2. The van der Waals surface area contributed by atoms with Crippen molar-refractivity contribution in [2.75, 3.05) is 11.4 Å². The topological polar surface area (TPSA) is 123 Å². The number of aryl methyl sites for hydroxylation is 1. The molecule has 1 aliphatic rings. The van der Waals surface area contributed by atoms with E-state index in [0.29, 0.717) is 35.8 Å². The molecular weight excluding hydrogens is 416 g/mol. The second-order valence-electron chi connectivity index (χ2n) is 8.44. The van der Waals surface area contributed by atoms with Gasteiger partial charge >= 0.3 is 6.01 Å². The van der Waals surface area contributed by atoms with Crippen LogP contribution in [0.25, 0.3) is 17.7 Å². The second kappa shape index (κ2) is 8.50. The fourth-order valence-electron chi connectivity index (χ4n) is 4.19. The van der Waals surface area contributed by atoms with E-state index in [0.717, 1.165) is 34.8 Å². The van der Waals surface area contributed by atoms with E-state index in [4.69, 9.17) is 10.2 Å². The zero-order valence-electron chi connectivity index (χ0n) is 18.9. The van der Waals surface area contributed by atoms with Crippen LogP contribution in [0.15, 0.2) is 53.0 Å². The normalized spacial score (nSPS) is 16.3. The molecule has 0 saturated heterocycles. The van der Waals surface area contributed by atoms with Gasteiger partial charge in [0.05, 0.1) is 17.7 Å². The highest BCUT2D eigenvalue weighted by Gasteiger charge is 2.35. The van der Waals surface area contributed by atoms with Crippen molar-refractivity contribution in [3.05, 3.63) is 76.9 Å². The lowest BCUT2D eigenvalue weighted by Crippen LogP contribution is -2.38. The number of imidazole rings is 1. The number of fused-ring (bicyclic) bond motifs is 1. The molecule has 0 bridgehead atoms. The van der Waals surface area contributed by atoms with Gasteiger partial charge < -0.3 is 20.0 Å². The highest BCUT2D eigenvalue weighted by Crippen LogP contribution is 2.36. The van der Waals surface area contributed by atoms with Crippen LogP contribution in [-0.4, -0.2) is 36.7 Å². The monoisotopic (exact) mass is 444 g/mol. The standard InChI is InChI=1S/C24H26N8O.H2/c1-14(2)16-7-5-10-26-20(16)12-17(25)22-21-18(27-13-28-21)9-11-32(22)24-31-30-23(33-24)19-8-4-6-15(3)29-19;/h4-8,10,12-14,22H,9,11,25H2,1-3H3,(H,27,28);1H/b17-12-;/t22-;/m1./s1. The lowest BCUT2D eigenvalue weighted by atomic mass is 9.97. The van der Waals surface area contributed by atoms with Crippen molar-refractivity contribution in [2.24, 2.45) is 5.73 Å². The number of nitrogens with two attached hydrogens (primary N) is 1. The van der Waals surface area contributed by atoms with Crippen LogP contribution in [-0.2, 0) is 6.42 Å². The molecule has 0 saturated carbocycles. The molecule has 1 aliphatic heterocycles. The summed E-state index contributed by atoms with van der Waals surface area (Å²) in [5.74, 6) is 0.691. The van der Waals surface area contributed by atoms with Gasteiger partial charge in [0.25, 0.3) is 5.89 Å². The summed E-state index contributed by atoms with van der Waals surface area (Å²) in [6, 6.07) is 9.74. The molecule has 1 atom stereocenters. The summed E-state index contributed by atoms with van der Waals surface area (Å²) in [5.41, 5.74) is 12.7. The summed E-state index contributed by atoms with van der Waals surface area (Å²) >= 11 is 0. The minimum atomic E-state index is -0.360. The Morgan fingerprint density at radius 2 is 2.12 bits per heavy atom. The molecular formula is C24H28N8O. The Bertz CT molecular complexity index is 1310. The van der Waals surface area contributed by atoms with Crippen molar-refractivity contribution < 1.29 is 5.84 Å². The highest BCUT2D eigenvalue weighted by molar-refractivity contribution is 5.58. The van der Waals surface area contributed by atoms with E-state index >= 15 is 0 Å². The van der Waals surface area contributed by atoms with Crippen LogP contribution >= 0.6 is 0 Å². The number of aromatic nitrogens is 6. The number of aromatic amines is 1. The first-order valence-electron chi connectivity index (χ1n) is 11.0. The minimum Gasteiger partial charge on any atom is -0.402 e. The van der Waals surface area contributed by atoms with Gasteiger partial charge in [-0.1, -0.05) is 31.1 Å². The molecule has 9 nitrogen and oxygen atoms in total. The fraction of sp³-hybridized carbons (Fsp3) is 0.292. The Labute approximate surface area is 193 Å². The van der Waals surface area contributed by atoms with Crippen LogP contribution in [0.1, 0.15) is 55.6 Å². The Balaban J connectivity index is 0.00000274. The molecule has 0 unspecified atom stereocenters. The summed E-state index contributed by atoms with van der Waals surface area (Å²) in [4.78, 5) is 18.9. The molecule has 5 rings (SSSR count). The van der Waals surface area contributed by atoms with Crippen molar-refractivity contribution >= 4 is 12.1 Å². The summed E-state index contributed by atoms with van der Waals surface area (Å²) < 4.78 is 6.05. The molecule has 9 heteroatoms. The summed E-state index contributed by atoms with van der Waals surface area (Å²) in [7, 11) is 0. The number of pyridine rings is 2. The summed E-state index contributed by atoms with van der Waals surface area (Å²) in [5, 5.41) is 8.56. The molecule has 33 heavy (non-hydrogen) atoms. The Kier molecular flexibility index (Phi) is 5.37. The van der Waals surface area contributed by atoms with Crippen LogP contribution in [0.3, 0.4) is 0 Å². The first-order valence-corrected chi connectivity index (χ1v) is 11.0. The SMILES string of the molecule is Cc1cccc(-c2nnc(N3CCc4[nH]cnc4[C@H]3/C(N)=C/c3ncccc3C(C)C)o2)n1.[HH]. The van der Waals surface area contributed by atoms with Crippen molar-refractivity contribution in [3.8, 4) is 11.6 Å². The molecule has 3 N–H and O–H groups in total. The molecule has 0 amide bonds. The lowest BCUT2D eigenvalue weighted by Gasteiger charge is -2.33. The predicted molar refractivity (Wildman–Crippen MR) is 127 cm³/mol. The predicted octanol–water partition coefficient (Wildman–Crippen LogP) is 4.03. The highest BCUT2D eigenvalue weighted by atomic mass is 16.4. The van der Waals surface area contributed by atoms with E-state index in [9.17, 15) is 0 Å². The zero-order chi connectivity index (χ0) is 22.9. The van der Waals surface area contributed by atoms with Crippen molar-refractivity contribution in [1.29, 1.82) is 0 Å². The van der Waals surface area contributed by atoms with Crippen LogP contribution in [0.2, 0.25) is 0 Å². The third kappa shape index (κ3) is 3.97. The maximum Gasteiger partial charge on any atom is 0.319 e. The number of H-pyrrole nitrogens is 1. The first-order chi connectivity index (χ1) is 16.0. The Hall–Kier alpha value is -4.01. The minimum absolute atomic E-state index is 0. The van der Waals surface area contributed by atoms with Crippen LogP contribution in [0.4, 0.5) is 6.01 Å². The maximum absolute atomic E-state index is 6.71. The van der Waals surface area contributed by atoms with E-state index < -0.39 is 0 Å². The van der Waals surface area contributed by atoms with Crippen LogP contribution in [0.5, 0.6) is 0 Å². The molecule has 0 aromatic carbocycles. The number of nitrogens with zero attached hydrogens (tertiary/aromatic N) is 6. The molecule has 170 valence electrons. The molecule has 4 aromatic heterocycles. The van der Waals surface area contributed by atoms with E-state index in [1.807, 2.05) is 42.2 Å². The number of nitrogens with one attached hydrogen (secondary N) is 1. The van der Waals surface area contributed by atoms with Gasteiger partial charge in [0.2, 0.25) is 0 Å². The van der Waals surface area contributed by atoms with Crippen molar-refractivity contribution in [3.63, 3.8) is 0 Å². The van der Waals surface area contributed by atoms with Crippen LogP contribution < -0.4 is 10.6 Å². The first kappa shape index (κ1) is 20.9. The molecule has 0 spiro atoms.